The van der Waals surface area contributed by atoms with E-state index < -0.39 is 0 Å². The molecule has 1 aliphatic rings. The van der Waals surface area contributed by atoms with Gasteiger partial charge in [-0.25, -0.2) is 4.68 Å². The molecule has 6 heteroatoms. The molecule has 0 spiro atoms. The van der Waals surface area contributed by atoms with Crippen molar-refractivity contribution in [2.45, 2.75) is 25.8 Å². The fraction of sp³-hybridized carbons (Fsp3) is 0.412. The van der Waals surface area contributed by atoms with Crippen molar-refractivity contribution < 1.29 is 4.79 Å². The summed E-state index contributed by atoms with van der Waals surface area (Å²) in [5.41, 5.74) is 7.55. The summed E-state index contributed by atoms with van der Waals surface area (Å²) in [5.74, 6) is 0.585. The van der Waals surface area contributed by atoms with E-state index in [1.807, 2.05) is 42.2 Å². The lowest BCUT2D eigenvalue weighted by molar-refractivity contribution is 0.0681. The van der Waals surface area contributed by atoms with Crippen LogP contribution in [0.15, 0.2) is 42.7 Å². The minimum Gasteiger partial charge on any atom is -0.339 e. The molecule has 0 saturated carbocycles. The number of hydrogen-bond acceptors (Lipinski definition) is 3. The summed E-state index contributed by atoms with van der Waals surface area (Å²) in [6.45, 7) is 3.61. The Morgan fingerprint density at radius 3 is 2.52 bits per heavy atom. The van der Waals surface area contributed by atoms with E-state index in [9.17, 15) is 4.79 Å². The molecule has 124 valence electrons. The van der Waals surface area contributed by atoms with Crippen LogP contribution in [0, 0.1) is 5.92 Å². The molecular formula is C17H23ClN4O. The van der Waals surface area contributed by atoms with E-state index in [1.54, 1.807) is 17.1 Å². The van der Waals surface area contributed by atoms with Crippen molar-refractivity contribution in [2.24, 2.45) is 11.7 Å². The molecule has 23 heavy (non-hydrogen) atoms. The number of rotatable bonds is 3. The number of nitrogens with zero attached hydrogens (tertiary/aromatic N) is 3. The molecule has 0 radical (unpaired) electrons. The zero-order valence-corrected chi connectivity index (χ0v) is 14.1. The van der Waals surface area contributed by atoms with Gasteiger partial charge >= 0.3 is 0 Å². The van der Waals surface area contributed by atoms with Crippen LogP contribution in [0.5, 0.6) is 0 Å². The summed E-state index contributed by atoms with van der Waals surface area (Å²) < 4.78 is 1.74. The number of piperidine rings is 1. The Bertz CT molecular complexity index is 633. The topological polar surface area (TPSA) is 64.2 Å². The van der Waals surface area contributed by atoms with Crippen molar-refractivity contribution in [2.75, 3.05) is 13.1 Å². The zero-order chi connectivity index (χ0) is 15.5. The molecule has 1 aliphatic heterocycles. The number of likely N-dealkylation sites (tertiary alicyclic amines) is 1. The first kappa shape index (κ1) is 17.5. The third-order valence-corrected chi connectivity index (χ3v) is 4.42. The smallest absolute Gasteiger partial charge is 0.257 e. The van der Waals surface area contributed by atoms with E-state index in [2.05, 4.69) is 5.10 Å². The van der Waals surface area contributed by atoms with E-state index in [0.717, 1.165) is 31.6 Å². The van der Waals surface area contributed by atoms with E-state index in [-0.39, 0.29) is 24.4 Å². The Morgan fingerprint density at radius 2 is 1.91 bits per heavy atom. The average molecular weight is 335 g/mol. The highest BCUT2D eigenvalue weighted by atomic mass is 35.5. The summed E-state index contributed by atoms with van der Waals surface area (Å²) in [5, 5.41) is 4.29. The van der Waals surface area contributed by atoms with Crippen LogP contribution in [-0.2, 0) is 0 Å². The number of carbonyl (C=O) groups is 1. The molecule has 1 fully saturated rings. The fourth-order valence-electron chi connectivity index (χ4n) is 2.97. The Balaban J connectivity index is 0.00000192. The fourth-order valence-corrected chi connectivity index (χ4v) is 2.97. The van der Waals surface area contributed by atoms with Crippen LogP contribution >= 0.6 is 12.4 Å². The first-order valence-corrected chi connectivity index (χ1v) is 7.80. The van der Waals surface area contributed by atoms with Crippen LogP contribution < -0.4 is 5.73 Å². The lowest BCUT2D eigenvalue weighted by Crippen LogP contribution is -2.42. The molecule has 5 nitrogen and oxygen atoms in total. The van der Waals surface area contributed by atoms with Gasteiger partial charge in [-0.15, -0.1) is 12.4 Å². The van der Waals surface area contributed by atoms with Crippen LogP contribution in [0.25, 0.3) is 5.69 Å². The number of aromatic nitrogens is 2. The van der Waals surface area contributed by atoms with Crippen molar-refractivity contribution in [3.05, 3.63) is 48.3 Å². The van der Waals surface area contributed by atoms with Gasteiger partial charge in [0.2, 0.25) is 0 Å². The van der Waals surface area contributed by atoms with Crippen LogP contribution in [0.4, 0.5) is 0 Å². The van der Waals surface area contributed by atoms with Crippen LogP contribution in [0.1, 0.15) is 30.1 Å². The van der Waals surface area contributed by atoms with Crippen LogP contribution in [0.2, 0.25) is 0 Å². The summed E-state index contributed by atoms with van der Waals surface area (Å²) in [6.07, 6.45) is 5.41. The highest BCUT2D eigenvalue weighted by Gasteiger charge is 2.26. The van der Waals surface area contributed by atoms with Gasteiger partial charge in [0.1, 0.15) is 0 Å². The second-order valence-electron chi connectivity index (χ2n) is 6.00. The molecule has 2 heterocycles. The predicted octanol–water partition coefficient (Wildman–Crippen LogP) is 2.49. The minimum atomic E-state index is 0. The lowest BCUT2D eigenvalue weighted by atomic mass is 9.91. The molecule has 2 N–H and O–H groups in total. The first-order valence-electron chi connectivity index (χ1n) is 7.80. The van der Waals surface area contributed by atoms with Crippen molar-refractivity contribution in [1.82, 2.24) is 14.7 Å². The summed E-state index contributed by atoms with van der Waals surface area (Å²) >= 11 is 0. The van der Waals surface area contributed by atoms with Gasteiger partial charge in [0.25, 0.3) is 5.91 Å². The largest absolute Gasteiger partial charge is 0.339 e. The summed E-state index contributed by atoms with van der Waals surface area (Å²) in [6, 6.07) is 10.0. The maximum Gasteiger partial charge on any atom is 0.257 e. The molecule has 1 aromatic carbocycles. The molecule has 1 aromatic heterocycles. The monoisotopic (exact) mass is 334 g/mol. The number of hydrogen-bond donors (Lipinski definition) is 1. The van der Waals surface area contributed by atoms with E-state index in [4.69, 9.17) is 5.73 Å². The quantitative estimate of drug-likeness (QED) is 0.938. The molecule has 3 rings (SSSR count). The highest BCUT2D eigenvalue weighted by molar-refractivity contribution is 5.93. The lowest BCUT2D eigenvalue weighted by Gasteiger charge is -2.33. The Hall–Kier alpha value is -1.85. The van der Waals surface area contributed by atoms with Crippen molar-refractivity contribution in [1.29, 1.82) is 0 Å². The third-order valence-electron chi connectivity index (χ3n) is 4.42. The number of amides is 1. The highest BCUT2D eigenvalue weighted by Crippen LogP contribution is 2.21. The van der Waals surface area contributed by atoms with Crippen molar-refractivity contribution in [3.63, 3.8) is 0 Å². The Labute approximate surface area is 142 Å². The SMILES string of the molecule is CC(N)C1CCN(C(=O)c2cnn(-c3ccccc3)c2)CC1.Cl. The normalized spacial score (nSPS) is 16.7. The van der Waals surface area contributed by atoms with Gasteiger partial charge < -0.3 is 10.6 Å². The molecule has 0 bridgehead atoms. The standard InChI is InChI=1S/C17H22N4O.ClH/c1-13(18)14-7-9-20(10-8-14)17(22)15-11-19-21(12-15)16-5-3-2-4-6-16;/h2-6,11-14H,7-10,18H2,1H3;1H. The van der Waals surface area contributed by atoms with Crippen LogP contribution in [0.3, 0.4) is 0 Å². The van der Waals surface area contributed by atoms with E-state index in [0.29, 0.717) is 11.5 Å². The van der Waals surface area contributed by atoms with Gasteiger partial charge in [-0.3, -0.25) is 4.79 Å². The summed E-state index contributed by atoms with van der Waals surface area (Å²) in [7, 11) is 0. The van der Waals surface area contributed by atoms with Gasteiger partial charge in [0.05, 0.1) is 17.4 Å². The van der Waals surface area contributed by atoms with Gasteiger partial charge in [-0.1, -0.05) is 18.2 Å². The number of benzene rings is 1. The average Bonchev–Trinajstić information content (AvgIpc) is 3.05. The van der Waals surface area contributed by atoms with Crippen molar-refractivity contribution in [3.8, 4) is 5.69 Å². The Morgan fingerprint density at radius 1 is 1.26 bits per heavy atom. The predicted molar refractivity (Wildman–Crippen MR) is 93.1 cm³/mol. The second kappa shape index (κ2) is 7.62. The molecule has 1 atom stereocenters. The van der Waals surface area contributed by atoms with Crippen LogP contribution in [-0.4, -0.2) is 39.7 Å². The molecule has 2 aromatic rings. The molecule has 1 unspecified atom stereocenters. The molecule has 0 aliphatic carbocycles. The van der Waals surface area contributed by atoms with Crippen molar-refractivity contribution >= 4 is 18.3 Å². The second-order valence-corrected chi connectivity index (χ2v) is 6.00. The van der Waals surface area contributed by atoms with Gasteiger partial charge in [-0.05, 0) is 37.8 Å². The van der Waals surface area contributed by atoms with E-state index in [1.165, 1.54) is 0 Å². The number of para-hydroxylation sites is 1. The number of nitrogens with two attached hydrogens (primary N) is 1. The maximum atomic E-state index is 12.6. The van der Waals surface area contributed by atoms with Gasteiger partial charge in [0.15, 0.2) is 0 Å². The Kier molecular flexibility index (Phi) is 5.80. The number of halogens is 1. The molecular weight excluding hydrogens is 312 g/mol. The molecule has 1 amide bonds. The summed E-state index contributed by atoms with van der Waals surface area (Å²) in [4.78, 5) is 14.5. The zero-order valence-electron chi connectivity index (χ0n) is 13.3. The number of carbonyl (C=O) groups excluding carboxylic acids is 1. The third kappa shape index (κ3) is 3.92. The molecule has 1 saturated heterocycles. The van der Waals surface area contributed by atoms with Gasteiger partial charge in [0, 0.05) is 25.3 Å². The maximum absolute atomic E-state index is 12.6. The first-order chi connectivity index (χ1) is 10.6. The minimum absolute atomic E-state index is 0. The van der Waals surface area contributed by atoms with Gasteiger partial charge in [-0.2, -0.15) is 5.10 Å². The van der Waals surface area contributed by atoms with E-state index >= 15 is 0 Å².